The predicted octanol–water partition coefficient (Wildman–Crippen LogP) is 1.89. The second kappa shape index (κ2) is 7.35. The highest BCUT2D eigenvalue weighted by molar-refractivity contribution is 14.1. The van der Waals surface area contributed by atoms with Crippen molar-refractivity contribution in [3.05, 3.63) is 33.4 Å². The summed E-state index contributed by atoms with van der Waals surface area (Å²) in [5.74, 6) is -0.251. The van der Waals surface area contributed by atoms with Crippen LogP contribution >= 0.6 is 22.6 Å². The summed E-state index contributed by atoms with van der Waals surface area (Å²) in [7, 11) is 1.57. The standard InChI is InChI=1S/C13H17IN2O2/c1-3-8-16(9-12(17)15-2)13(18)10-4-6-11(14)7-5-10/h4-7H,3,8-9H2,1-2H3,(H,15,17). The largest absolute Gasteiger partial charge is 0.358 e. The number of nitrogens with one attached hydrogen (secondary N) is 1. The number of halogens is 1. The van der Waals surface area contributed by atoms with Gasteiger partial charge in [0.2, 0.25) is 5.91 Å². The van der Waals surface area contributed by atoms with Crippen LogP contribution in [0.2, 0.25) is 0 Å². The lowest BCUT2D eigenvalue weighted by Crippen LogP contribution is -2.40. The third-order valence-electron chi connectivity index (χ3n) is 2.49. The van der Waals surface area contributed by atoms with Crippen LogP contribution in [0.1, 0.15) is 23.7 Å². The summed E-state index contributed by atoms with van der Waals surface area (Å²) in [5.41, 5.74) is 0.618. The van der Waals surface area contributed by atoms with E-state index in [2.05, 4.69) is 27.9 Å². The van der Waals surface area contributed by atoms with Crippen LogP contribution in [-0.4, -0.2) is 36.9 Å². The first-order chi connectivity index (χ1) is 8.58. The van der Waals surface area contributed by atoms with Gasteiger partial charge in [0.15, 0.2) is 0 Å². The van der Waals surface area contributed by atoms with Crippen molar-refractivity contribution in [1.29, 1.82) is 0 Å². The molecule has 18 heavy (non-hydrogen) atoms. The molecular weight excluding hydrogens is 343 g/mol. The zero-order valence-corrected chi connectivity index (χ0v) is 12.7. The summed E-state index contributed by atoms with van der Waals surface area (Å²) in [5, 5.41) is 2.54. The maximum Gasteiger partial charge on any atom is 0.254 e. The number of benzene rings is 1. The van der Waals surface area contributed by atoms with Crippen LogP contribution in [0.3, 0.4) is 0 Å². The molecule has 0 aliphatic heterocycles. The molecule has 0 aromatic heterocycles. The molecule has 0 bridgehead atoms. The van der Waals surface area contributed by atoms with Gasteiger partial charge in [0.25, 0.3) is 5.91 Å². The van der Waals surface area contributed by atoms with Crippen LogP contribution in [0.25, 0.3) is 0 Å². The molecule has 0 aliphatic carbocycles. The van der Waals surface area contributed by atoms with Gasteiger partial charge in [-0.3, -0.25) is 9.59 Å². The van der Waals surface area contributed by atoms with Gasteiger partial charge in [-0.2, -0.15) is 0 Å². The summed E-state index contributed by atoms with van der Waals surface area (Å²) in [6.07, 6.45) is 0.826. The minimum absolute atomic E-state index is 0.100. The lowest BCUT2D eigenvalue weighted by molar-refractivity contribution is -0.121. The Morgan fingerprint density at radius 1 is 1.28 bits per heavy atom. The van der Waals surface area contributed by atoms with Crippen molar-refractivity contribution < 1.29 is 9.59 Å². The Kier molecular flexibility index (Phi) is 6.11. The molecule has 0 unspecified atom stereocenters. The van der Waals surface area contributed by atoms with Gasteiger partial charge in [0, 0.05) is 22.7 Å². The van der Waals surface area contributed by atoms with E-state index < -0.39 is 0 Å². The Hall–Kier alpha value is -1.11. The first kappa shape index (κ1) is 14.9. The number of rotatable bonds is 5. The number of likely N-dealkylation sites (N-methyl/N-ethyl adjacent to an activating group) is 1. The number of carbonyl (C=O) groups is 2. The molecule has 0 heterocycles. The van der Waals surface area contributed by atoms with Gasteiger partial charge >= 0.3 is 0 Å². The molecule has 0 atom stereocenters. The van der Waals surface area contributed by atoms with Crippen molar-refractivity contribution >= 4 is 34.4 Å². The molecule has 1 aromatic rings. The lowest BCUT2D eigenvalue weighted by Gasteiger charge is -2.21. The van der Waals surface area contributed by atoms with E-state index in [9.17, 15) is 9.59 Å². The van der Waals surface area contributed by atoms with Crippen LogP contribution in [0, 0.1) is 3.57 Å². The van der Waals surface area contributed by atoms with Crippen LogP contribution in [0.5, 0.6) is 0 Å². The van der Waals surface area contributed by atoms with Crippen molar-refractivity contribution in [2.24, 2.45) is 0 Å². The summed E-state index contributed by atoms with van der Waals surface area (Å²) in [6.45, 7) is 2.67. The van der Waals surface area contributed by atoms with E-state index in [4.69, 9.17) is 0 Å². The predicted molar refractivity (Wildman–Crippen MR) is 79.4 cm³/mol. The molecule has 98 valence electrons. The molecule has 1 rings (SSSR count). The highest BCUT2D eigenvalue weighted by atomic mass is 127. The zero-order chi connectivity index (χ0) is 13.5. The monoisotopic (exact) mass is 360 g/mol. The molecular formula is C13H17IN2O2. The first-order valence-electron chi connectivity index (χ1n) is 5.84. The van der Waals surface area contributed by atoms with Gasteiger partial charge in [0.05, 0.1) is 6.54 Å². The minimum Gasteiger partial charge on any atom is -0.358 e. The molecule has 0 saturated carbocycles. The fourth-order valence-electron chi connectivity index (χ4n) is 1.55. The first-order valence-corrected chi connectivity index (χ1v) is 6.91. The van der Waals surface area contributed by atoms with Gasteiger partial charge in [-0.25, -0.2) is 0 Å². The van der Waals surface area contributed by atoms with Crippen molar-refractivity contribution in [3.63, 3.8) is 0 Å². The minimum atomic E-state index is -0.151. The fourth-order valence-corrected chi connectivity index (χ4v) is 1.91. The number of hydrogen-bond donors (Lipinski definition) is 1. The van der Waals surface area contributed by atoms with Crippen LogP contribution < -0.4 is 5.32 Å². The van der Waals surface area contributed by atoms with Crippen molar-refractivity contribution in [2.75, 3.05) is 20.1 Å². The Morgan fingerprint density at radius 2 is 1.89 bits per heavy atom. The number of amides is 2. The zero-order valence-electron chi connectivity index (χ0n) is 10.6. The van der Waals surface area contributed by atoms with Gasteiger partial charge in [-0.1, -0.05) is 6.92 Å². The third kappa shape index (κ3) is 4.29. The van der Waals surface area contributed by atoms with Crippen LogP contribution in [0.4, 0.5) is 0 Å². The maximum absolute atomic E-state index is 12.2. The Morgan fingerprint density at radius 3 is 2.39 bits per heavy atom. The number of hydrogen-bond acceptors (Lipinski definition) is 2. The van der Waals surface area contributed by atoms with E-state index in [1.54, 1.807) is 24.1 Å². The van der Waals surface area contributed by atoms with Gasteiger partial charge in [0.1, 0.15) is 0 Å². The van der Waals surface area contributed by atoms with E-state index in [0.717, 1.165) is 9.99 Å². The molecule has 0 fully saturated rings. The van der Waals surface area contributed by atoms with E-state index in [0.29, 0.717) is 12.1 Å². The molecule has 0 spiro atoms. The Balaban J connectivity index is 2.81. The Bertz CT molecular complexity index is 418. The van der Waals surface area contributed by atoms with E-state index >= 15 is 0 Å². The van der Waals surface area contributed by atoms with Crippen LogP contribution in [0.15, 0.2) is 24.3 Å². The molecule has 0 aliphatic rings. The van der Waals surface area contributed by atoms with Crippen molar-refractivity contribution in [1.82, 2.24) is 10.2 Å². The van der Waals surface area contributed by atoms with Gasteiger partial charge in [-0.15, -0.1) is 0 Å². The highest BCUT2D eigenvalue weighted by Crippen LogP contribution is 2.09. The fraction of sp³-hybridized carbons (Fsp3) is 0.385. The lowest BCUT2D eigenvalue weighted by atomic mass is 10.2. The SMILES string of the molecule is CCCN(CC(=O)NC)C(=O)c1ccc(I)cc1. The maximum atomic E-state index is 12.2. The smallest absolute Gasteiger partial charge is 0.254 e. The summed E-state index contributed by atoms with van der Waals surface area (Å²) in [6, 6.07) is 7.35. The van der Waals surface area contributed by atoms with E-state index in [-0.39, 0.29) is 18.4 Å². The molecule has 0 saturated heterocycles. The second-order valence-corrected chi connectivity index (χ2v) is 5.15. The highest BCUT2D eigenvalue weighted by Gasteiger charge is 2.17. The average molecular weight is 360 g/mol. The summed E-state index contributed by atoms with van der Waals surface area (Å²) in [4.78, 5) is 25.2. The molecule has 2 amide bonds. The van der Waals surface area contributed by atoms with Crippen molar-refractivity contribution in [3.8, 4) is 0 Å². The molecule has 1 aromatic carbocycles. The second-order valence-electron chi connectivity index (χ2n) is 3.91. The van der Waals surface area contributed by atoms with E-state index in [1.165, 1.54) is 0 Å². The summed E-state index contributed by atoms with van der Waals surface area (Å²) >= 11 is 2.19. The summed E-state index contributed by atoms with van der Waals surface area (Å²) < 4.78 is 1.08. The normalized spacial score (nSPS) is 9.94. The quantitative estimate of drug-likeness (QED) is 0.816. The Labute approximate surface area is 121 Å². The van der Waals surface area contributed by atoms with Crippen molar-refractivity contribution in [2.45, 2.75) is 13.3 Å². The number of carbonyl (C=O) groups excluding carboxylic acids is 2. The molecule has 5 heteroatoms. The molecule has 0 radical (unpaired) electrons. The third-order valence-corrected chi connectivity index (χ3v) is 3.20. The van der Waals surface area contributed by atoms with E-state index in [1.807, 2.05) is 19.1 Å². The van der Waals surface area contributed by atoms with Crippen LogP contribution in [-0.2, 0) is 4.79 Å². The average Bonchev–Trinajstić information content (AvgIpc) is 2.38. The van der Waals surface area contributed by atoms with Gasteiger partial charge in [-0.05, 0) is 53.3 Å². The molecule has 1 N–H and O–H groups in total. The topological polar surface area (TPSA) is 49.4 Å². The number of nitrogens with zero attached hydrogens (tertiary/aromatic N) is 1. The molecule has 4 nitrogen and oxygen atoms in total. The van der Waals surface area contributed by atoms with Gasteiger partial charge < -0.3 is 10.2 Å².